The van der Waals surface area contributed by atoms with Gasteiger partial charge in [-0.15, -0.1) is 0 Å². The molecular formula is C14H16N2OS. The first-order valence-electron chi connectivity index (χ1n) is 5.44. The summed E-state index contributed by atoms with van der Waals surface area (Å²) in [5.74, 6) is -0.0890. The van der Waals surface area contributed by atoms with Crippen molar-refractivity contribution in [2.24, 2.45) is 0 Å². The fourth-order valence-electron chi connectivity index (χ4n) is 1.49. The number of rotatable bonds is 6. The Morgan fingerprint density at radius 3 is 2.67 bits per heavy atom. The molecule has 1 heterocycles. The molecule has 4 heteroatoms. The molecule has 0 amide bonds. The van der Waals surface area contributed by atoms with Crippen LogP contribution in [0.4, 0.5) is 0 Å². The maximum absolute atomic E-state index is 12.1. The van der Waals surface area contributed by atoms with Crippen LogP contribution in [0.3, 0.4) is 0 Å². The van der Waals surface area contributed by atoms with Crippen molar-refractivity contribution in [2.45, 2.75) is 12.1 Å². The fourth-order valence-corrected chi connectivity index (χ4v) is 2.05. The molecule has 0 N–H and O–H groups in total. The lowest BCUT2D eigenvalue weighted by atomic mass is 10.2. The van der Waals surface area contributed by atoms with E-state index in [-0.39, 0.29) is 5.78 Å². The predicted molar refractivity (Wildman–Crippen MR) is 78.8 cm³/mol. The van der Waals surface area contributed by atoms with Gasteiger partial charge in [-0.3, -0.25) is 9.36 Å². The van der Waals surface area contributed by atoms with Crippen molar-refractivity contribution in [2.75, 3.05) is 6.26 Å². The van der Waals surface area contributed by atoms with Crippen molar-refractivity contribution in [1.82, 2.24) is 9.55 Å². The van der Waals surface area contributed by atoms with Crippen LogP contribution in [0, 0.1) is 0 Å². The second-order valence-electron chi connectivity index (χ2n) is 3.34. The van der Waals surface area contributed by atoms with E-state index in [1.807, 2.05) is 6.26 Å². The topological polar surface area (TPSA) is 34.9 Å². The molecule has 1 aromatic rings. The summed E-state index contributed by atoms with van der Waals surface area (Å²) in [6.07, 6.45) is 11.9. The van der Waals surface area contributed by atoms with Gasteiger partial charge < -0.3 is 0 Å². The quantitative estimate of drug-likeness (QED) is 0.339. The van der Waals surface area contributed by atoms with Crippen molar-refractivity contribution in [1.29, 1.82) is 0 Å². The number of thioether (sulfide) groups is 1. The van der Waals surface area contributed by atoms with Crippen molar-refractivity contribution in [3.8, 4) is 0 Å². The monoisotopic (exact) mass is 260 g/mol. The lowest BCUT2D eigenvalue weighted by molar-refractivity contribution is 0.104. The van der Waals surface area contributed by atoms with Gasteiger partial charge in [0, 0.05) is 6.20 Å². The number of allylic oxidation sites excluding steroid dienone is 4. The van der Waals surface area contributed by atoms with Gasteiger partial charge in [-0.25, -0.2) is 4.98 Å². The highest BCUT2D eigenvalue weighted by Gasteiger charge is 2.17. The Bertz CT molecular complexity index is 524. The second-order valence-corrected chi connectivity index (χ2v) is 4.12. The zero-order chi connectivity index (χ0) is 13.5. The van der Waals surface area contributed by atoms with Gasteiger partial charge in [0.05, 0.1) is 5.69 Å². The third kappa shape index (κ3) is 2.90. The molecule has 0 aliphatic heterocycles. The zero-order valence-corrected chi connectivity index (χ0v) is 11.4. The van der Waals surface area contributed by atoms with Crippen molar-refractivity contribution < 1.29 is 4.79 Å². The number of hydrogen-bond donors (Lipinski definition) is 0. The van der Waals surface area contributed by atoms with Crippen LogP contribution >= 0.6 is 11.8 Å². The minimum Gasteiger partial charge on any atom is -0.291 e. The van der Waals surface area contributed by atoms with Gasteiger partial charge >= 0.3 is 0 Å². The summed E-state index contributed by atoms with van der Waals surface area (Å²) in [5, 5.41) is 0.738. The first-order chi connectivity index (χ1) is 8.69. The Labute approximate surface area is 112 Å². The lowest BCUT2D eigenvalue weighted by Gasteiger charge is -2.02. The van der Waals surface area contributed by atoms with Crippen molar-refractivity contribution >= 4 is 29.8 Å². The zero-order valence-electron chi connectivity index (χ0n) is 10.6. The molecule has 18 heavy (non-hydrogen) atoms. The largest absolute Gasteiger partial charge is 0.291 e. The first-order valence-corrected chi connectivity index (χ1v) is 6.67. The standard InChI is InChI=1S/C14H16N2OS/c1-5-8-10-11-13(12(17)9-6-2)16(7-3)14(15-11)18-4/h5-10H,1,3H2,2,4H3/b9-6+,10-8+. The van der Waals surface area contributed by atoms with Gasteiger partial charge in [0.15, 0.2) is 5.16 Å². The summed E-state index contributed by atoms with van der Waals surface area (Å²) in [5.41, 5.74) is 1.15. The van der Waals surface area contributed by atoms with E-state index in [4.69, 9.17) is 0 Å². The van der Waals surface area contributed by atoms with Crippen molar-refractivity contribution in [3.63, 3.8) is 0 Å². The first kappa shape index (κ1) is 14.3. The summed E-state index contributed by atoms with van der Waals surface area (Å²) >= 11 is 1.47. The molecule has 0 atom stereocenters. The Morgan fingerprint density at radius 1 is 1.44 bits per heavy atom. The predicted octanol–water partition coefficient (Wildman–Crippen LogP) is 3.66. The van der Waals surface area contributed by atoms with Crippen LogP contribution in [0.5, 0.6) is 0 Å². The number of hydrogen-bond acceptors (Lipinski definition) is 3. The van der Waals surface area contributed by atoms with Crippen LogP contribution < -0.4 is 0 Å². The Kier molecular flexibility index (Phi) is 5.39. The molecule has 94 valence electrons. The minimum atomic E-state index is -0.0890. The molecule has 0 spiro atoms. The van der Waals surface area contributed by atoms with E-state index < -0.39 is 0 Å². The highest BCUT2D eigenvalue weighted by Crippen LogP contribution is 2.22. The van der Waals surface area contributed by atoms with E-state index in [0.29, 0.717) is 11.4 Å². The van der Waals surface area contributed by atoms with Gasteiger partial charge in [-0.2, -0.15) is 0 Å². The van der Waals surface area contributed by atoms with Crippen LogP contribution in [-0.2, 0) is 0 Å². The molecule has 0 fully saturated rings. The number of carbonyl (C=O) groups excluding carboxylic acids is 1. The SMILES string of the molecule is C=C/C=C/c1nc(SC)n(C=C)c1C(=O)/C=C/C. The smallest absolute Gasteiger partial charge is 0.204 e. The number of imidazole rings is 1. The number of aromatic nitrogens is 2. The van der Waals surface area contributed by atoms with Crippen molar-refractivity contribution in [3.05, 3.63) is 48.8 Å². The lowest BCUT2D eigenvalue weighted by Crippen LogP contribution is -2.04. The van der Waals surface area contributed by atoms with E-state index in [0.717, 1.165) is 5.16 Å². The third-order valence-corrected chi connectivity index (χ3v) is 2.87. The van der Waals surface area contributed by atoms with Gasteiger partial charge in [0.2, 0.25) is 5.78 Å². The summed E-state index contributed by atoms with van der Waals surface area (Å²) in [6, 6.07) is 0. The molecule has 0 radical (unpaired) electrons. The minimum absolute atomic E-state index is 0.0890. The third-order valence-electron chi connectivity index (χ3n) is 2.21. The molecule has 3 nitrogen and oxygen atoms in total. The van der Waals surface area contributed by atoms with E-state index in [1.54, 1.807) is 42.0 Å². The van der Waals surface area contributed by atoms with Gasteiger partial charge in [-0.1, -0.05) is 43.1 Å². The highest BCUT2D eigenvalue weighted by molar-refractivity contribution is 7.98. The normalized spacial score (nSPS) is 11.2. The van der Waals surface area contributed by atoms with Gasteiger partial charge in [0.25, 0.3) is 0 Å². The summed E-state index contributed by atoms with van der Waals surface area (Å²) in [6.45, 7) is 9.14. The van der Waals surface area contributed by atoms with E-state index in [9.17, 15) is 4.79 Å². The number of carbonyl (C=O) groups is 1. The summed E-state index contributed by atoms with van der Waals surface area (Å²) in [4.78, 5) is 16.5. The molecule has 0 aliphatic rings. The number of nitrogens with zero attached hydrogens (tertiary/aromatic N) is 2. The van der Waals surface area contributed by atoms with Crippen LogP contribution in [0.15, 0.2) is 42.6 Å². The van der Waals surface area contributed by atoms with E-state index >= 15 is 0 Å². The Balaban J connectivity index is 3.45. The Hall–Kier alpha value is -1.81. The molecule has 1 aromatic heterocycles. The molecule has 0 saturated heterocycles. The maximum atomic E-state index is 12.1. The van der Waals surface area contributed by atoms with Crippen LogP contribution in [0.1, 0.15) is 23.1 Å². The highest BCUT2D eigenvalue weighted by atomic mass is 32.2. The number of ketones is 1. The second kappa shape index (κ2) is 6.81. The maximum Gasteiger partial charge on any atom is 0.204 e. The van der Waals surface area contributed by atoms with E-state index in [2.05, 4.69) is 18.1 Å². The Morgan fingerprint density at radius 2 is 2.17 bits per heavy atom. The average molecular weight is 260 g/mol. The van der Waals surface area contributed by atoms with Gasteiger partial charge in [-0.05, 0) is 25.3 Å². The molecule has 0 aromatic carbocycles. The average Bonchev–Trinajstić information content (AvgIpc) is 2.74. The molecule has 0 aliphatic carbocycles. The van der Waals surface area contributed by atoms with Gasteiger partial charge in [0.1, 0.15) is 5.69 Å². The van der Waals surface area contributed by atoms with Crippen LogP contribution in [0.25, 0.3) is 12.3 Å². The molecular weight excluding hydrogens is 244 g/mol. The van der Waals surface area contributed by atoms with E-state index in [1.165, 1.54) is 17.8 Å². The van der Waals surface area contributed by atoms with Crippen LogP contribution in [0.2, 0.25) is 0 Å². The molecule has 0 bridgehead atoms. The fraction of sp³-hybridized carbons (Fsp3) is 0.143. The molecule has 0 saturated carbocycles. The summed E-state index contributed by atoms with van der Waals surface area (Å²) in [7, 11) is 0. The van der Waals surface area contributed by atoms with Crippen LogP contribution in [-0.4, -0.2) is 21.6 Å². The molecule has 1 rings (SSSR count). The molecule has 0 unspecified atom stereocenters. The summed E-state index contributed by atoms with van der Waals surface area (Å²) < 4.78 is 1.70.